The van der Waals surface area contributed by atoms with E-state index in [1.807, 2.05) is 0 Å². The van der Waals surface area contributed by atoms with Crippen molar-refractivity contribution in [2.45, 2.75) is 248 Å². The van der Waals surface area contributed by atoms with Crippen LogP contribution < -0.4 is 0 Å². The number of ether oxygens (including phenoxy) is 6. The largest absolute Gasteiger partial charge is 0.457 e. The van der Waals surface area contributed by atoms with E-state index in [1.165, 1.54) is 77.0 Å². The van der Waals surface area contributed by atoms with Crippen molar-refractivity contribution in [3.05, 3.63) is 48.6 Å². The molecule has 11 unspecified atom stereocenters. The zero-order chi connectivity index (χ0) is 48.7. The summed E-state index contributed by atoms with van der Waals surface area (Å²) in [5.41, 5.74) is 0. The number of aliphatic hydroxyl groups is 7. The molecule has 2 aliphatic rings. The highest BCUT2D eigenvalue weighted by Crippen LogP contribution is 2.26. The first-order valence-electron chi connectivity index (χ1n) is 26.2. The quantitative estimate of drug-likeness (QED) is 0.0176. The average molecular weight is 955 g/mol. The fourth-order valence-corrected chi connectivity index (χ4v) is 7.98. The minimum absolute atomic E-state index is 0.0501. The van der Waals surface area contributed by atoms with E-state index in [0.29, 0.717) is 13.0 Å². The van der Waals surface area contributed by atoms with Crippen LogP contribution in [-0.2, 0) is 33.2 Å². The second kappa shape index (κ2) is 40.7. The van der Waals surface area contributed by atoms with Crippen LogP contribution in [0.25, 0.3) is 0 Å². The number of rotatable bonds is 41. The summed E-state index contributed by atoms with van der Waals surface area (Å²) in [6.45, 7) is 3.59. The van der Waals surface area contributed by atoms with Crippen molar-refractivity contribution < 1.29 is 69.0 Å². The van der Waals surface area contributed by atoms with Crippen LogP contribution in [0.2, 0.25) is 0 Å². The van der Waals surface area contributed by atoms with E-state index in [-0.39, 0.29) is 25.6 Å². The maximum Gasteiger partial charge on any atom is 0.306 e. The third-order valence-corrected chi connectivity index (χ3v) is 12.3. The Bertz CT molecular complexity index is 1290. The average Bonchev–Trinajstić information content (AvgIpc) is 3.32. The van der Waals surface area contributed by atoms with Crippen LogP contribution in [0, 0.1) is 0 Å². The molecule has 2 saturated heterocycles. The number of unbranched alkanes of at least 4 members (excludes halogenated alkanes) is 19. The predicted octanol–water partition coefficient (Wildman–Crippen LogP) is 7.96. The fourth-order valence-electron chi connectivity index (χ4n) is 7.98. The highest BCUT2D eigenvalue weighted by molar-refractivity contribution is 5.69. The lowest BCUT2D eigenvalue weighted by molar-refractivity contribution is -0.332. The van der Waals surface area contributed by atoms with Gasteiger partial charge in [-0.25, -0.2) is 0 Å². The zero-order valence-electron chi connectivity index (χ0n) is 41.4. The number of hydrogen-bond donors (Lipinski definition) is 7. The second-order valence-electron chi connectivity index (χ2n) is 18.3. The molecule has 11 atom stereocenters. The summed E-state index contributed by atoms with van der Waals surface area (Å²) >= 11 is 0. The van der Waals surface area contributed by atoms with Crippen LogP contribution >= 0.6 is 0 Å². The number of carbonyl (C=O) groups excluding carboxylic acids is 1. The molecule has 0 radical (unpaired) electrons. The molecule has 14 nitrogen and oxygen atoms in total. The minimum Gasteiger partial charge on any atom is -0.457 e. The predicted molar refractivity (Wildman–Crippen MR) is 261 cm³/mol. The van der Waals surface area contributed by atoms with Crippen molar-refractivity contribution in [3.8, 4) is 0 Å². The van der Waals surface area contributed by atoms with Gasteiger partial charge in [-0.1, -0.05) is 152 Å². The van der Waals surface area contributed by atoms with E-state index in [1.54, 1.807) is 0 Å². The first kappa shape index (κ1) is 61.1. The van der Waals surface area contributed by atoms with E-state index < -0.39 is 80.7 Å². The summed E-state index contributed by atoms with van der Waals surface area (Å²) in [5.74, 6) is -0.389. The molecule has 67 heavy (non-hydrogen) atoms. The summed E-state index contributed by atoms with van der Waals surface area (Å²) in [4.78, 5) is 13.0. The summed E-state index contributed by atoms with van der Waals surface area (Å²) in [5, 5.41) is 72.1. The van der Waals surface area contributed by atoms with Gasteiger partial charge in [-0.3, -0.25) is 4.79 Å². The standard InChI is InChI=1S/C53H94O14/c1-3-5-7-9-11-13-15-17-19-20-21-22-24-26-28-30-32-34-36-45(55)65-42(39-62-37-35-33-31-29-27-25-23-18-16-14-12-10-8-6-4-2)40-63-52-51(61)49(59)47(57)44(67-52)41-64-53-50(60)48(58)46(56)43(38-54)66-53/h10,12-13,15-16,18-20,42-44,46-54,56-61H,3-9,11,14,17,21-41H2,1-2H3/b12-10-,15-13-,18-16-,20-19-. The van der Waals surface area contributed by atoms with Crippen LogP contribution in [0.15, 0.2) is 48.6 Å². The lowest BCUT2D eigenvalue weighted by Crippen LogP contribution is -2.61. The molecule has 0 saturated carbocycles. The third-order valence-electron chi connectivity index (χ3n) is 12.3. The van der Waals surface area contributed by atoms with Gasteiger partial charge in [-0.15, -0.1) is 0 Å². The smallest absolute Gasteiger partial charge is 0.306 e. The van der Waals surface area contributed by atoms with Crippen molar-refractivity contribution in [1.82, 2.24) is 0 Å². The number of allylic oxidation sites excluding steroid dienone is 8. The minimum atomic E-state index is -1.71. The van der Waals surface area contributed by atoms with Gasteiger partial charge < -0.3 is 64.2 Å². The van der Waals surface area contributed by atoms with E-state index >= 15 is 0 Å². The van der Waals surface area contributed by atoms with Gasteiger partial charge in [-0.2, -0.15) is 0 Å². The van der Waals surface area contributed by atoms with Crippen molar-refractivity contribution in [2.75, 3.05) is 33.0 Å². The van der Waals surface area contributed by atoms with E-state index in [4.69, 9.17) is 28.4 Å². The first-order chi connectivity index (χ1) is 32.6. The molecule has 2 rings (SSSR count). The summed E-state index contributed by atoms with van der Waals surface area (Å²) < 4.78 is 34.3. The van der Waals surface area contributed by atoms with Crippen LogP contribution in [0.4, 0.5) is 0 Å². The Balaban J connectivity index is 1.77. The Morgan fingerprint density at radius 1 is 0.493 bits per heavy atom. The number of esters is 1. The topological polar surface area (TPSA) is 214 Å². The number of hydrogen-bond acceptors (Lipinski definition) is 14. The molecule has 14 heteroatoms. The summed E-state index contributed by atoms with van der Waals surface area (Å²) in [6, 6.07) is 0. The second-order valence-corrected chi connectivity index (χ2v) is 18.3. The fraction of sp³-hybridized carbons (Fsp3) is 0.830. The van der Waals surface area contributed by atoms with Crippen LogP contribution in [0.5, 0.6) is 0 Å². The zero-order valence-corrected chi connectivity index (χ0v) is 41.4. The molecule has 2 heterocycles. The Morgan fingerprint density at radius 2 is 0.940 bits per heavy atom. The first-order valence-corrected chi connectivity index (χ1v) is 26.2. The van der Waals surface area contributed by atoms with Gasteiger partial charge in [0, 0.05) is 13.0 Å². The molecule has 0 amide bonds. The van der Waals surface area contributed by atoms with Gasteiger partial charge in [0.25, 0.3) is 0 Å². The lowest BCUT2D eigenvalue weighted by atomic mass is 9.98. The van der Waals surface area contributed by atoms with Crippen LogP contribution in [-0.4, -0.2) is 142 Å². The molecule has 0 aromatic heterocycles. The lowest BCUT2D eigenvalue weighted by Gasteiger charge is -2.42. The molecule has 390 valence electrons. The monoisotopic (exact) mass is 955 g/mol. The van der Waals surface area contributed by atoms with Crippen molar-refractivity contribution in [2.24, 2.45) is 0 Å². The Kier molecular flexibility index (Phi) is 37.1. The molecule has 2 aliphatic heterocycles. The van der Waals surface area contributed by atoms with Gasteiger partial charge in [0.15, 0.2) is 12.6 Å². The molecular formula is C53H94O14. The number of carbonyl (C=O) groups is 1. The maximum atomic E-state index is 13.0. The van der Waals surface area contributed by atoms with Crippen LogP contribution in [0.3, 0.4) is 0 Å². The SMILES string of the molecule is CCCC/C=C\C/C=C\CCCCCCCCOCC(COC1OC(COC2OC(CO)C(O)C(O)C2O)C(O)C(O)C1O)OC(=O)CCCCCCCCC/C=C\C/C=C\CCCCCC. The highest BCUT2D eigenvalue weighted by atomic mass is 16.7. The van der Waals surface area contributed by atoms with E-state index in [9.17, 15) is 40.5 Å². The van der Waals surface area contributed by atoms with E-state index in [2.05, 4.69) is 62.5 Å². The number of aliphatic hydroxyl groups excluding tert-OH is 7. The molecule has 0 spiro atoms. The summed E-state index contributed by atoms with van der Waals surface area (Å²) in [6.07, 6.45) is 30.2. The van der Waals surface area contributed by atoms with Crippen molar-refractivity contribution in [1.29, 1.82) is 0 Å². The molecule has 2 fully saturated rings. The van der Waals surface area contributed by atoms with Crippen molar-refractivity contribution in [3.63, 3.8) is 0 Å². The van der Waals surface area contributed by atoms with Gasteiger partial charge in [0.2, 0.25) is 0 Å². The third kappa shape index (κ3) is 28.4. The van der Waals surface area contributed by atoms with Gasteiger partial charge in [-0.05, 0) is 70.6 Å². The van der Waals surface area contributed by atoms with Gasteiger partial charge >= 0.3 is 5.97 Å². The molecule has 0 aromatic carbocycles. The normalized spacial score (nSPS) is 26.5. The molecule has 0 aliphatic carbocycles. The Morgan fingerprint density at radius 3 is 1.48 bits per heavy atom. The van der Waals surface area contributed by atoms with Gasteiger partial charge in [0.05, 0.1) is 26.4 Å². The van der Waals surface area contributed by atoms with Gasteiger partial charge in [0.1, 0.15) is 54.9 Å². The molecule has 7 N–H and O–H groups in total. The summed E-state index contributed by atoms with van der Waals surface area (Å²) in [7, 11) is 0. The van der Waals surface area contributed by atoms with E-state index in [0.717, 1.165) is 77.0 Å². The maximum absolute atomic E-state index is 13.0. The Hall–Kier alpha value is -2.05. The molecular weight excluding hydrogens is 861 g/mol. The molecule has 0 aromatic rings. The highest BCUT2D eigenvalue weighted by Gasteiger charge is 2.47. The van der Waals surface area contributed by atoms with Crippen molar-refractivity contribution >= 4 is 5.97 Å². The molecule has 0 bridgehead atoms. The van der Waals surface area contributed by atoms with Crippen LogP contribution in [0.1, 0.15) is 181 Å². The Labute approximate surface area is 403 Å².